The van der Waals surface area contributed by atoms with E-state index in [1.165, 1.54) is 24.3 Å². The molecule has 4 amide bonds. The van der Waals surface area contributed by atoms with Crippen LogP contribution in [0.1, 0.15) is 5.56 Å². The third kappa shape index (κ3) is 3.96. The predicted octanol–water partition coefficient (Wildman–Crippen LogP) is 2.27. The van der Waals surface area contributed by atoms with Crippen molar-refractivity contribution in [3.05, 3.63) is 69.8 Å². The lowest BCUT2D eigenvalue weighted by Crippen LogP contribution is -2.54. The van der Waals surface area contributed by atoms with Crippen molar-refractivity contribution >= 4 is 35.3 Å². The highest BCUT2D eigenvalue weighted by molar-refractivity contribution is 6.39. The van der Waals surface area contributed by atoms with Crippen LogP contribution in [0, 0.1) is 22.5 Å². The van der Waals surface area contributed by atoms with Crippen LogP contribution in [0.3, 0.4) is 0 Å². The highest BCUT2D eigenvalue weighted by Gasteiger charge is 2.37. The van der Waals surface area contributed by atoms with Crippen molar-refractivity contribution in [3.63, 3.8) is 0 Å². The van der Waals surface area contributed by atoms with Crippen molar-refractivity contribution in [2.45, 2.75) is 0 Å². The van der Waals surface area contributed by atoms with E-state index in [1.54, 1.807) is 24.3 Å². The molecule has 0 radical (unpaired) electrons. The number of hydrogen-bond donors (Lipinski definition) is 1. The van der Waals surface area contributed by atoms with Crippen molar-refractivity contribution in [1.29, 1.82) is 0 Å². The smallest absolute Gasteiger partial charge is 0.335 e. The van der Waals surface area contributed by atoms with Crippen molar-refractivity contribution in [2.24, 2.45) is 0 Å². The van der Waals surface area contributed by atoms with Crippen molar-refractivity contribution in [3.8, 4) is 18.1 Å². The number of nitrogens with zero attached hydrogens (tertiary/aromatic N) is 2. The summed E-state index contributed by atoms with van der Waals surface area (Å²) in [6.45, 7) is -0.0153. The van der Waals surface area contributed by atoms with Crippen LogP contribution in [0.4, 0.5) is 16.2 Å². The maximum Gasteiger partial charge on any atom is 0.335 e. The first-order chi connectivity index (χ1) is 13.9. The van der Waals surface area contributed by atoms with Gasteiger partial charge >= 0.3 is 6.03 Å². The van der Waals surface area contributed by atoms with Gasteiger partial charge in [-0.1, -0.05) is 30.2 Å². The number of urea groups is 1. The lowest BCUT2D eigenvalue weighted by Gasteiger charge is -2.26. The molecular formula is C20H13N3O6. The standard InChI is InChI=1S/C20H13N3O6/c1-2-10-29-17-9-4-3-6-13(17)11-16-18(24)21-20(26)22(19(16)25)14-7-5-8-15(12-14)23(27)28/h1,3-9,11-12H,10H2,(H,21,24,26)/b16-11+. The average Bonchev–Trinajstić information content (AvgIpc) is 2.70. The number of carbonyl (C=O) groups excluding carboxylic acids is 3. The molecule has 0 spiro atoms. The summed E-state index contributed by atoms with van der Waals surface area (Å²) in [4.78, 5) is 48.4. The maximum absolute atomic E-state index is 12.9. The fourth-order valence-electron chi connectivity index (χ4n) is 2.64. The molecule has 9 nitrogen and oxygen atoms in total. The van der Waals surface area contributed by atoms with Gasteiger partial charge in [0.15, 0.2) is 0 Å². The number of ether oxygens (including phenoxy) is 1. The number of barbiturate groups is 1. The number of nitrogens with one attached hydrogen (secondary N) is 1. The summed E-state index contributed by atoms with van der Waals surface area (Å²) in [6.07, 6.45) is 6.45. The van der Waals surface area contributed by atoms with E-state index in [2.05, 4.69) is 11.2 Å². The van der Waals surface area contributed by atoms with Gasteiger partial charge in [0.25, 0.3) is 17.5 Å². The summed E-state index contributed by atoms with van der Waals surface area (Å²) < 4.78 is 5.39. The second-order valence-electron chi connectivity index (χ2n) is 5.77. The SMILES string of the molecule is C#CCOc1ccccc1/C=C1\C(=O)NC(=O)N(c2cccc([N+](=O)[O-])c2)C1=O. The molecule has 1 N–H and O–H groups in total. The monoisotopic (exact) mass is 391 g/mol. The second kappa shape index (κ2) is 8.06. The third-order valence-corrected chi connectivity index (χ3v) is 3.93. The van der Waals surface area contributed by atoms with Gasteiger partial charge < -0.3 is 4.74 Å². The first kappa shape index (κ1) is 19.3. The van der Waals surface area contributed by atoms with Gasteiger partial charge in [-0.05, 0) is 18.2 Å². The molecule has 1 heterocycles. The number of amides is 4. The second-order valence-corrected chi connectivity index (χ2v) is 5.77. The minimum atomic E-state index is -1.01. The molecule has 1 aliphatic rings. The molecule has 1 saturated heterocycles. The van der Waals surface area contributed by atoms with Gasteiger partial charge in [0.05, 0.1) is 10.6 Å². The van der Waals surface area contributed by atoms with Crippen molar-refractivity contribution < 1.29 is 24.0 Å². The Balaban J connectivity index is 2.02. The molecule has 0 aromatic heterocycles. The van der Waals surface area contributed by atoms with Crippen LogP contribution in [0.5, 0.6) is 5.75 Å². The highest BCUT2D eigenvalue weighted by Crippen LogP contribution is 2.27. The van der Waals surface area contributed by atoms with Gasteiger partial charge in [0.2, 0.25) is 0 Å². The van der Waals surface area contributed by atoms with Crippen LogP contribution in [-0.2, 0) is 9.59 Å². The molecule has 0 saturated carbocycles. The Labute approximate surface area is 164 Å². The summed E-state index contributed by atoms with van der Waals surface area (Å²) in [6, 6.07) is 10.5. The molecule has 29 heavy (non-hydrogen) atoms. The summed E-state index contributed by atoms with van der Waals surface area (Å²) >= 11 is 0. The lowest BCUT2D eigenvalue weighted by molar-refractivity contribution is -0.384. The molecule has 0 aliphatic carbocycles. The van der Waals surface area contributed by atoms with E-state index in [4.69, 9.17) is 11.2 Å². The number of rotatable bonds is 5. The van der Waals surface area contributed by atoms with Gasteiger partial charge in [0.1, 0.15) is 17.9 Å². The van der Waals surface area contributed by atoms with E-state index in [-0.39, 0.29) is 23.6 Å². The molecule has 1 fully saturated rings. The van der Waals surface area contributed by atoms with Crippen molar-refractivity contribution in [1.82, 2.24) is 5.32 Å². The fraction of sp³-hybridized carbons (Fsp3) is 0.0500. The molecule has 0 unspecified atom stereocenters. The zero-order valence-corrected chi connectivity index (χ0v) is 14.8. The number of non-ortho nitro benzene ring substituents is 1. The number of nitro benzene ring substituents is 1. The van der Waals surface area contributed by atoms with E-state index < -0.39 is 22.8 Å². The summed E-state index contributed by atoms with van der Waals surface area (Å²) in [5.41, 5.74) is -0.294. The summed E-state index contributed by atoms with van der Waals surface area (Å²) in [7, 11) is 0. The maximum atomic E-state index is 12.9. The fourth-order valence-corrected chi connectivity index (χ4v) is 2.64. The Hall–Kier alpha value is -4.45. The zero-order valence-electron chi connectivity index (χ0n) is 14.8. The van der Waals surface area contributed by atoms with Crippen LogP contribution in [0.2, 0.25) is 0 Å². The minimum absolute atomic E-state index is 0.0153. The van der Waals surface area contributed by atoms with Crippen LogP contribution >= 0.6 is 0 Å². The first-order valence-corrected chi connectivity index (χ1v) is 8.23. The lowest BCUT2D eigenvalue weighted by atomic mass is 10.1. The van der Waals surface area contributed by atoms with Crippen LogP contribution in [0.15, 0.2) is 54.1 Å². The van der Waals surface area contributed by atoms with E-state index in [9.17, 15) is 24.5 Å². The van der Waals surface area contributed by atoms with Gasteiger partial charge in [-0.25, -0.2) is 9.69 Å². The zero-order chi connectivity index (χ0) is 21.0. The number of carbonyl (C=O) groups is 3. The molecule has 9 heteroatoms. The first-order valence-electron chi connectivity index (χ1n) is 8.23. The summed E-state index contributed by atoms with van der Waals surface area (Å²) in [5, 5.41) is 13.0. The molecule has 0 bridgehead atoms. The Morgan fingerprint density at radius 2 is 1.93 bits per heavy atom. The third-order valence-electron chi connectivity index (χ3n) is 3.93. The molecule has 2 aromatic carbocycles. The van der Waals surface area contributed by atoms with Gasteiger partial charge in [-0.15, -0.1) is 6.42 Å². The number of benzene rings is 2. The highest BCUT2D eigenvalue weighted by atomic mass is 16.6. The Morgan fingerprint density at radius 1 is 1.17 bits per heavy atom. The van der Waals surface area contributed by atoms with Gasteiger partial charge in [-0.2, -0.15) is 0 Å². The van der Waals surface area contributed by atoms with E-state index >= 15 is 0 Å². The number of nitro groups is 1. The Bertz CT molecular complexity index is 1100. The van der Waals surface area contributed by atoms with Gasteiger partial charge in [0, 0.05) is 17.7 Å². The molecule has 2 aromatic rings. The molecule has 1 aliphatic heterocycles. The number of imide groups is 2. The number of para-hydroxylation sites is 1. The van der Waals surface area contributed by atoms with Crippen LogP contribution < -0.4 is 15.0 Å². The predicted molar refractivity (Wildman–Crippen MR) is 103 cm³/mol. The Morgan fingerprint density at radius 3 is 2.66 bits per heavy atom. The van der Waals surface area contributed by atoms with E-state index in [1.807, 2.05) is 0 Å². The number of hydrogen-bond acceptors (Lipinski definition) is 6. The van der Waals surface area contributed by atoms with Crippen LogP contribution in [0.25, 0.3) is 6.08 Å². The quantitative estimate of drug-likeness (QED) is 0.275. The normalized spacial score (nSPS) is 15.1. The van der Waals surface area contributed by atoms with Crippen LogP contribution in [-0.4, -0.2) is 29.4 Å². The largest absolute Gasteiger partial charge is 0.480 e. The minimum Gasteiger partial charge on any atom is -0.480 e. The van der Waals surface area contributed by atoms with Crippen molar-refractivity contribution in [2.75, 3.05) is 11.5 Å². The molecule has 144 valence electrons. The molecule has 0 atom stereocenters. The van der Waals surface area contributed by atoms with Gasteiger partial charge in [-0.3, -0.25) is 25.0 Å². The molecule has 3 rings (SSSR count). The average molecular weight is 391 g/mol. The Kier molecular flexibility index (Phi) is 5.37. The summed E-state index contributed by atoms with van der Waals surface area (Å²) in [5.74, 6) is 0.841. The van der Waals surface area contributed by atoms with E-state index in [0.717, 1.165) is 6.07 Å². The number of anilines is 1. The topological polar surface area (TPSA) is 119 Å². The molecular weight excluding hydrogens is 378 g/mol. The van der Waals surface area contributed by atoms with E-state index in [0.29, 0.717) is 16.2 Å². The number of terminal acetylenes is 1.